The van der Waals surface area contributed by atoms with Gasteiger partial charge >= 0.3 is 0 Å². The van der Waals surface area contributed by atoms with Crippen molar-refractivity contribution in [2.75, 3.05) is 18.2 Å². The highest BCUT2D eigenvalue weighted by Gasteiger charge is 2.19. The zero-order valence-electron chi connectivity index (χ0n) is 16.1. The second kappa shape index (κ2) is 7.59. The fourth-order valence-electron chi connectivity index (χ4n) is 2.99. The number of nitrogens with zero attached hydrogens (tertiary/aromatic N) is 1. The Kier molecular flexibility index (Phi) is 5.34. The molecule has 2 aromatic carbocycles. The maximum absolute atomic E-state index is 13.0. The molecule has 0 unspecified atom stereocenters. The number of anilines is 1. The van der Waals surface area contributed by atoms with Crippen LogP contribution in [0.4, 0.5) is 5.69 Å². The molecule has 1 heterocycles. The van der Waals surface area contributed by atoms with Crippen LogP contribution in [0.3, 0.4) is 0 Å². The van der Waals surface area contributed by atoms with E-state index in [-0.39, 0.29) is 38.4 Å². The summed E-state index contributed by atoms with van der Waals surface area (Å²) in [5.74, 6) is -1.40. The minimum Gasteiger partial charge on any atom is -0.859 e. The molecule has 152 valence electrons. The van der Waals surface area contributed by atoms with Crippen LogP contribution in [-0.2, 0) is 16.9 Å². The van der Waals surface area contributed by atoms with Crippen LogP contribution in [0.2, 0.25) is 0 Å². The second-order valence-electron chi connectivity index (χ2n) is 6.31. The quantitative estimate of drug-likeness (QED) is 0.677. The van der Waals surface area contributed by atoms with Gasteiger partial charge in [0.15, 0.2) is 9.84 Å². The van der Waals surface area contributed by atoms with Crippen molar-refractivity contribution >= 4 is 32.2 Å². The van der Waals surface area contributed by atoms with Gasteiger partial charge in [-0.05, 0) is 30.1 Å². The first-order valence-corrected chi connectivity index (χ1v) is 10.4. The lowest BCUT2D eigenvalue weighted by Gasteiger charge is -2.20. The molecule has 0 fully saturated rings. The van der Waals surface area contributed by atoms with Crippen LogP contribution in [0.1, 0.15) is 17.3 Å². The van der Waals surface area contributed by atoms with Crippen LogP contribution in [0, 0.1) is 0 Å². The van der Waals surface area contributed by atoms with E-state index in [2.05, 4.69) is 5.32 Å². The van der Waals surface area contributed by atoms with Gasteiger partial charge in [0, 0.05) is 17.8 Å². The number of rotatable bonds is 5. The third-order valence-electron chi connectivity index (χ3n) is 4.64. The monoisotopic (exact) mass is 415 g/mol. The Bertz CT molecular complexity index is 1280. The van der Waals surface area contributed by atoms with Crippen molar-refractivity contribution in [2.24, 2.45) is 7.05 Å². The van der Waals surface area contributed by atoms with Crippen LogP contribution in [0.15, 0.2) is 52.2 Å². The number of ether oxygens (including phenoxy) is 1. The lowest BCUT2D eigenvalue weighted by Crippen LogP contribution is -2.26. The van der Waals surface area contributed by atoms with Crippen LogP contribution in [0.5, 0.6) is 11.6 Å². The molecule has 1 N–H and O–H groups in total. The number of pyridine rings is 1. The van der Waals surface area contributed by atoms with Crippen LogP contribution in [0.25, 0.3) is 10.8 Å². The third kappa shape index (κ3) is 3.56. The maximum Gasteiger partial charge on any atom is 0.257 e. The van der Waals surface area contributed by atoms with Gasteiger partial charge in [-0.15, -0.1) is 0 Å². The number of aromatic nitrogens is 1. The van der Waals surface area contributed by atoms with Gasteiger partial charge in [0.05, 0.1) is 29.0 Å². The van der Waals surface area contributed by atoms with E-state index in [9.17, 15) is 23.1 Å². The topological polar surface area (TPSA) is 118 Å². The summed E-state index contributed by atoms with van der Waals surface area (Å²) in [4.78, 5) is 25.3. The van der Waals surface area contributed by atoms with Gasteiger partial charge in [-0.2, -0.15) is 0 Å². The molecule has 0 aliphatic rings. The van der Waals surface area contributed by atoms with E-state index < -0.39 is 27.2 Å². The molecule has 1 amide bonds. The molecule has 0 saturated carbocycles. The van der Waals surface area contributed by atoms with E-state index in [1.165, 1.54) is 51.4 Å². The molecule has 1 aromatic heterocycles. The number of carbonyl (C=O) groups excluding carboxylic acids is 1. The number of hydrogen-bond donors (Lipinski definition) is 1. The number of amides is 1. The summed E-state index contributed by atoms with van der Waals surface area (Å²) in [6.07, 6.45) is 0. The molecule has 0 atom stereocenters. The number of nitrogens with one attached hydrogen (secondary N) is 1. The molecule has 0 spiro atoms. The second-order valence-corrected chi connectivity index (χ2v) is 8.59. The van der Waals surface area contributed by atoms with E-state index in [1.807, 2.05) is 0 Å². The number of benzene rings is 2. The largest absolute Gasteiger partial charge is 0.859 e. The molecule has 3 rings (SSSR count). The minimum absolute atomic E-state index is 0.0174. The first kappa shape index (κ1) is 20.4. The van der Waals surface area contributed by atoms with Gasteiger partial charge in [0.25, 0.3) is 11.5 Å². The van der Waals surface area contributed by atoms with Crippen molar-refractivity contribution in [1.29, 1.82) is 0 Å². The molecule has 0 aliphatic carbocycles. The summed E-state index contributed by atoms with van der Waals surface area (Å²) in [5.41, 5.74) is -0.617. The fraction of sp³-hybridized carbons (Fsp3) is 0.200. The fourth-order valence-corrected chi connectivity index (χ4v) is 3.90. The first-order valence-electron chi connectivity index (χ1n) is 8.72. The average Bonchev–Trinajstić information content (AvgIpc) is 2.72. The average molecular weight is 415 g/mol. The smallest absolute Gasteiger partial charge is 0.257 e. The van der Waals surface area contributed by atoms with Gasteiger partial charge in [0.1, 0.15) is 5.75 Å². The molecular formula is C20H19N2O6S-. The van der Waals surface area contributed by atoms with Crippen molar-refractivity contribution < 1.29 is 23.1 Å². The van der Waals surface area contributed by atoms with Gasteiger partial charge < -0.3 is 19.7 Å². The summed E-state index contributed by atoms with van der Waals surface area (Å²) in [7, 11) is -0.846. The molecule has 0 bridgehead atoms. The molecule has 8 nitrogen and oxygen atoms in total. The molecule has 0 aliphatic heterocycles. The summed E-state index contributed by atoms with van der Waals surface area (Å²) in [5, 5.41) is 15.6. The van der Waals surface area contributed by atoms with Crippen molar-refractivity contribution in [2.45, 2.75) is 11.8 Å². The summed E-state index contributed by atoms with van der Waals surface area (Å²) in [6.45, 7) is 1.51. The Morgan fingerprint density at radius 2 is 1.83 bits per heavy atom. The molecule has 0 saturated heterocycles. The molecule has 9 heteroatoms. The van der Waals surface area contributed by atoms with E-state index in [4.69, 9.17) is 4.74 Å². The van der Waals surface area contributed by atoms with Gasteiger partial charge in [-0.25, -0.2) is 8.42 Å². The van der Waals surface area contributed by atoms with Crippen LogP contribution >= 0.6 is 0 Å². The SMILES string of the molecule is CCS(=O)(=O)c1ccc(OC)c(NC(=O)c2c([O-])n(C)c(=O)c3ccccc23)c1. The highest BCUT2D eigenvalue weighted by atomic mass is 32.2. The normalized spacial score (nSPS) is 11.4. The number of carbonyl (C=O) groups is 1. The zero-order valence-corrected chi connectivity index (χ0v) is 16.9. The third-order valence-corrected chi connectivity index (χ3v) is 6.37. The predicted molar refractivity (Wildman–Crippen MR) is 107 cm³/mol. The van der Waals surface area contributed by atoms with Gasteiger partial charge in [-0.1, -0.05) is 25.1 Å². The Morgan fingerprint density at radius 1 is 1.17 bits per heavy atom. The number of hydrogen-bond acceptors (Lipinski definition) is 6. The highest BCUT2D eigenvalue weighted by Crippen LogP contribution is 2.30. The molecule has 0 radical (unpaired) electrons. The highest BCUT2D eigenvalue weighted by molar-refractivity contribution is 7.91. The Hall–Kier alpha value is -3.33. The van der Waals surface area contributed by atoms with E-state index in [0.29, 0.717) is 0 Å². The standard InChI is InChI=1S/C20H20N2O6S/c1-4-29(26,27)12-9-10-16(28-3)15(11-12)21-18(23)17-13-7-5-6-8-14(13)19(24)22(2)20(17)25/h5-11,25H,4H2,1-3H3,(H,21,23)/p-1. The van der Waals surface area contributed by atoms with Crippen molar-refractivity contribution in [3.8, 4) is 11.6 Å². The van der Waals surface area contributed by atoms with Crippen LogP contribution in [-0.4, -0.2) is 31.8 Å². The number of methoxy groups -OCH3 is 1. The minimum atomic E-state index is -3.52. The van der Waals surface area contributed by atoms with Crippen molar-refractivity contribution in [1.82, 2.24) is 4.57 Å². The van der Waals surface area contributed by atoms with Gasteiger partial charge in [-0.3, -0.25) is 9.59 Å². The lowest BCUT2D eigenvalue weighted by molar-refractivity contribution is -0.279. The van der Waals surface area contributed by atoms with E-state index in [1.54, 1.807) is 12.1 Å². The van der Waals surface area contributed by atoms with Crippen LogP contribution < -0.4 is 20.7 Å². The summed E-state index contributed by atoms with van der Waals surface area (Å²) >= 11 is 0. The Labute approximate surface area is 167 Å². The molecule has 29 heavy (non-hydrogen) atoms. The maximum atomic E-state index is 13.0. The summed E-state index contributed by atoms with van der Waals surface area (Å²) < 4.78 is 30.4. The number of fused-ring (bicyclic) bond motifs is 1. The lowest BCUT2D eigenvalue weighted by atomic mass is 10.1. The Morgan fingerprint density at radius 3 is 2.45 bits per heavy atom. The van der Waals surface area contributed by atoms with E-state index in [0.717, 1.165) is 4.57 Å². The van der Waals surface area contributed by atoms with Crippen molar-refractivity contribution in [3.05, 3.63) is 58.4 Å². The summed E-state index contributed by atoms with van der Waals surface area (Å²) in [6, 6.07) is 10.4. The first-order chi connectivity index (χ1) is 13.7. The van der Waals surface area contributed by atoms with Gasteiger partial charge in [0.2, 0.25) is 0 Å². The van der Waals surface area contributed by atoms with Crippen molar-refractivity contribution in [3.63, 3.8) is 0 Å². The van der Waals surface area contributed by atoms with E-state index >= 15 is 0 Å². The molecule has 3 aromatic rings. The predicted octanol–water partition coefficient (Wildman–Crippen LogP) is 1.67. The molecular weight excluding hydrogens is 396 g/mol. The Balaban J connectivity index is 2.15. The zero-order chi connectivity index (χ0) is 21.3. The number of sulfone groups is 1.